The molecule has 0 aromatic carbocycles. The van der Waals surface area contributed by atoms with Crippen LogP contribution in [0.2, 0.25) is 0 Å². The van der Waals surface area contributed by atoms with Gasteiger partial charge in [-0.15, -0.1) is 13.2 Å². The molecule has 1 aromatic heterocycles. The molecule has 0 unspecified atom stereocenters. The lowest BCUT2D eigenvalue weighted by molar-refractivity contribution is -0.276. The molecule has 0 amide bonds. The minimum atomic E-state index is -5.35. The number of rotatable bonds is 2. The van der Waals surface area contributed by atoms with Gasteiger partial charge >= 0.3 is 12.5 Å². The normalized spacial score (nSPS) is 12.7. The Morgan fingerprint density at radius 1 is 1.17 bits per heavy atom. The lowest BCUT2D eigenvalue weighted by Crippen LogP contribution is -2.22. The van der Waals surface area contributed by atoms with E-state index in [9.17, 15) is 30.7 Å². The highest BCUT2D eigenvalue weighted by molar-refractivity contribution is 14.1. The van der Waals surface area contributed by atoms with E-state index in [-0.39, 0.29) is 9.90 Å². The molecular weight excluding hydrogens is 386 g/mol. The van der Waals surface area contributed by atoms with Crippen molar-refractivity contribution in [1.29, 1.82) is 0 Å². The lowest BCUT2D eigenvalue weighted by atomic mass is 10.2. The van der Waals surface area contributed by atoms with Crippen LogP contribution in [0.1, 0.15) is 11.1 Å². The van der Waals surface area contributed by atoms with E-state index in [1.807, 2.05) is 0 Å². The van der Waals surface area contributed by atoms with Crippen molar-refractivity contribution in [2.24, 2.45) is 0 Å². The van der Waals surface area contributed by atoms with Gasteiger partial charge in [-0.3, -0.25) is 0 Å². The molecule has 0 saturated heterocycles. The lowest BCUT2D eigenvalue weighted by Gasteiger charge is -2.17. The molecule has 18 heavy (non-hydrogen) atoms. The Hall–Kier alpha value is -0.810. The molecular formula is C8H3F7INO. The fraction of sp³-hybridized carbons (Fsp3) is 0.375. The fourth-order valence-corrected chi connectivity index (χ4v) is 1.59. The second kappa shape index (κ2) is 5.05. The quantitative estimate of drug-likeness (QED) is 0.432. The summed E-state index contributed by atoms with van der Waals surface area (Å²) in [6, 6.07) is 0. The Bertz CT molecular complexity index is 442. The first-order chi connectivity index (χ1) is 8.06. The molecule has 0 N–H and O–H groups in total. The van der Waals surface area contributed by atoms with Crippen molar-refractivity contribution in [1.82, 2.24) is 4.98 Å². The van der Waals surface area contributed by atoms with Crippen molar-refractivity contribution in [2.45, 2.75) is 19.2 Å². The first kappa shape index (κ1) is 15.2. The van der Waals surface area contributed by atoms with E-state index in [1.54, 1.807) is 0 Å². The van der Waals surface area contributed by atoms with E-state index in [0.717, 1.165) is 0 Å². The summed E-state index contributed by atoms with van der Waals surface area (Å²) in [7, 11) is 0. The van der Waals surface area contributed by atoms with E-state index < -0.39 is 36.1 Å². The van der Waals surface area contributed by atoms with E-state index in [2.05, 4.69) is 9.72 Å². The molecule has 0 spiro atoms. The first-order valence-electron chi connectivity index (χ1n) is 4.12. The summed E-state index contributed by atoms with van der Waals surface area (Å²) < 4.78 is 88.9. The summed E-state index contributed by atoms with van der Waals surface area (Å²) in [5.41, 5.74) is -2.66. The average Bonchev–Trinajstić information content (AvgIpc) is 2.13. The Balaban J connectivity index is 3.45. The molecule has 0 radical (unpaired) electrons. The molecule has 2 nitrogen and oxygen atoms in total. The van der Waals surface area contributed by atoms with Crippen LogP contribution in [0.25, 0.3) is 0 Å². The molecule has 0 atom stereocenters. The van der Waals surface area contributed by atoms with Crippen molar-refractivity contribution in [3.63, 3.8) is 0 Å². The van der Waals surface area contributed by atoms with Gasteiger partial charge in [0, 0.05) is 6.20 Å². The van der Waals surface area contributed by atoms with Crippen molar-refractivity contribution in [3.05, 3.63) is 21.0 Å². The van der Waals surface area contributed by atoms with Gasteiger partial charge in [-0.1, -0.05) is 0 Å². The Labute approximate surface area is 109 Å². The van der Waals surface area contributed by atoms with Crippen molar-refractivity contribution < 1.29 is 35.5 Å². The van der Waals surface area contributed by atoms with E-state index in [4.69, 9.17) is 0 Å². The fourth-order valence-electron chi connectivity index (χ4n) is 1.06. The summed E-state index contributed by atoms with van der Waals surface area (Å²) in [4.78, 5) is 3.19. The van der Waals surface area contributed by atoms with Crippen LogP contribution >= 0.6 is 22.6 Å². The van der Waals surface area contributed by atoms with Gasteiger partial charge in [0.2, 0.25) is 0 Å². The molecule has 10 heteroatoms. The maximum Gasteiger partial charge on any atom is 0.573 e. The van der Waals surface area contributed by atoms with Crippen LogP contribution in [0, 0.1) is 3.70 Å². The highest BCUT2D eigenvalue weighted by Crippen LogP contribution is 2.41. The monoisotopic (exact) mass is 389 g/mol. The number of nitrogens with zero attached hydrogens (tertiary/aromatic N) is 1. The standard InChI is InChI=1S/C8H3F7INO/c9-1-3-5(18-8(13,14)15)4(7(10,11)12)2-17-6(3)16/h2H,1H2. The molecule has 1 aromatic rings. The first-order valence-corrected chi connectivity index (χ1v) is 5.20. The summed E-state index contributed by atoms with van der Waals surface area (Å²) in [5.74, 6) is -1.60. The van der Waals surface area contributed by atoms with Gasteiger partial charge in [-0.25, -0.2) is 9.37 Å². The molecule has 0 aliphatic carbocycles. The molecule has 0 bridgehead atoms. The minimum Gasteiger partial charge on any atom is -0.405 e. The SMILES string of the molecule is FCc1c(I)ncc(C(F)(F)F)c1OC(F)(F)F. The smallest absolute Gasteiger partial charge is 0.405 e. The Kier molecular flexibility index (Phi) is 4.28. The van der Waals surface area contributed by atoms with Crippen LogP contribution in [0.5, 0.6) is 5.75 Å². The molecule has 0 aliphatic heterocycles. The van der Waals surface area contributed by atoms with Crippen molar-refractivity contribution >= 4 is 22.6 Å². The third-order valence-electron chi connectivity index (χ3n) is 1.73. The van der Waals surface area contributed by atoms with Crippen LogP contribution in [0.4, 0.5) is 30.7 Å². The van der Waals surface area contributed by atoms with Gasteiger partial charge in [-0.2, -0.15) is 13.2 Å². The highest BCUT2D eigenvalue weighted by Gasteiger charge is 2.41. The predicted molar refractivity (Wildman–Crippen MR) is 53.5 cm³/mol. The van der Waals surface area contributed by atoms with E-state index in [0.29, 0.717) is 0 Å². The molecule has 0 fully saturated rings. The van der Waals surface area contributed by atoms with Crippen LogP contribution in [-0.4, -0.2) is 11.3 Å². The summed E-state index contributed by atoms with van der Waals surface area (Å²) >= 11 is 1.32. The van der Waals surface area contributed by atoms with Crippen LogP contribution in [0.15, 0.2) is 6.20 Å². The van der Waals surface area contributed by atoms with Crippen molar-refractivity contribution in [3.8, 4) is 5.75 Å². The van der Waals surface area contributed by atoms with Crippen molar-refractivity contribution in [2.75, 3.05) is 0 Å². The largest absolute Gasteiger partial charge is 0.573 e. The van der Waals surface area contributed by atoms with Gasteiger partial charge in [-0.05, 0) is 22.6 Å². The predicted octanol–water partition coefficient (Wildman–Crippen LogP) is 4.07. The zero-order valence-corrected chi connectivity index (χ0v) is 10.3. The summed E-state index contributed by atoms with van der Waals surface area (Å²) in [5, 5.41) is 0. The van der Waals surface area contributed by atoms with Gasteiger partial charge in [0.1, 0.15) is 15.9 Å². The number of hydrogen-bond acceptors (Lipinski definition) is 2. The maximum absolute atomic E-state index is 12.5. The molecule has 0 saturated carbocycles. The molecule has 0 aliphatic rings. The molecule has 1 heterocycles. The highest BCUT2D eigenvalue weighted by atomic mass is 127. The van der Waals surface area contributed by atoms with Crippen LogP contribution in [-0.2, 0) is 12.9 Å². The van der Waals surface area contributed by atoms with Gasteiger partial charge < -0.3 is 4.74 Å². The minimum absolute atomic E-state index is 0.169. The third-order valence-corrected chi connectivity index (χ3v) is 2.66. The molecule has 1 rings (SSSR count). The third kappa shape index (κ3) is 3.59. The second-order valence-corrected chi connectivity index (χ2v) is 3.97. The Morgan fingerprint density at radius 3 is 2.11 bits per heavy atom. The Morgan fingerprint density at radius 2 is 1.72 bits per heavy atom. The maximum atomic E-state index is 12.5. The number of pyridine rings is 1. The number of aromatic nitrogens is 1. The number of ether oxygens (including phenoxy) is 1. The summed E-state index contributed by atoms with van der Waals surface area (Å²) in [6.07, 6.45) is -10.3. The van der Waals surface area contributed by atoms with Crippen LogP contribution in [0.3, 0.4) is 0 Å². The molecule has 102 valence electrons. The van der Waals surface area contributed by atoms with Gasteiger partial charge in [0.05, 0.1) is 5.56 Å². The van der Waals surface area contributed by atoms with Gasteiger partial charge in [0.25, 0.3) is 0 Å². The van der Waals surface area contributed by atoms with Gasteiger partial charge in [0.15, 0.2) is 5.75 Å². The zero-order valence-electron chi connectivity index (χ0n) is 8.16. The topological polar surface area (TPSA) is 22.1 Å². The summed E-state index contributed by atoms with van der Waals surface area (Å²) in [6.45, 7) is -1.55. The zero-order chi connectivity index (χ0) is 14.1. The number of alkyl halides is 7. The second-order valence-electron chi connectivity index (χ2n) is 2.95. The number of hydrogen-bond donors (Lipinski definition) is 0. The van der Waals surface area contributed by atoms with E-state index >= 15 is 0 Å². The van der Waals surface area contributed by atoms with E-state index in [1.165, 1.54) is 22.6 Å². The average molecular weight is 389 g/mol. The number of halogens is 8. The van der Waals surface area contributed by atoms with Crippen LogP contribution < -0.4 is 4.74 Å².